The van der Waals surface area contributed by atoms with E-state index < -0.39 is 5.97 Å². The molecular formula is C22H22N4O4S. The van der Waals surface area contributed by atoms with Crippen molar-refractivity contribution < 1.29 is 19.0 Å². The SMILES string of the molecule is COCc1c(C(=O)OC(C)C)ncc2[nH]c3ccc(Oc4ccnc(SC)n4)cc3c12. The van der Waals surface area contributed by atoms with Crippen molar-refractivity contribution in [3.05, 3.63) is 47.9 Å². The number of rotatable bonds is 7. The average Bonchev–Trinajstić information content (AvgIpc) is 3.12. The maximum atomic E-state index is 12.6. The summed E-state index contributed by atoms with van der Waals surface area (Å²) in [5.41, 5.74) is 2.60. The van der Waals surface area contributed by atoms with Crippen LogP contribution < -0.4 is 4.74 Å². The Morgan fingerprint density at radius 3 is 2.77 bits per heavy atom. The van der Waals surface area contributed by atoms with Crippen molar-refractivity contribution in [2.24, 2.45) is 0 Å². The molecule has 0 spiro atoms. The van der Waals surface area contributed by atoms with Crippen molar-refractivity contribution >= 4 is 39.5 Å². The number of ether oxygens (including phenoxy) is 3. The summed E-state index contributed by atoms with van der Waals surface area (Å²) in [6.07, 6.45) is 4.96. The number of methoxy groups -OCH3 is 1. The predicted molar refractivity (Wildman–Crippen MR) is 119 cm³/mol. The fraction of sp³-hybridized carbons (Fsp3) is 0.273. The van der Waals surface area contributed by atoms with Gasteiger partial charge in [0, 0.05) is 41.2 Å². The lowest BCUT2D eigenvalue weighted by Crippen LogP contribution is -2.15. The predicted octanol–water partition coefficient (Wildman–Crippen LogP) is 4.73. The van der Waals surface area contributed by atoms with Crippen LogP contribution in [0.4, 0.5) is 0 Å². The average molecular weight is 439 g/mol. The molecule has 0 aliphatic heterocycles. The van der Waals surface area contributed by atoms with Gasteiger partial charge in [0.2, 0.25) is 5.88 Å². The van der Waals surface area contributed by atoms with Crippen molar-refractivity contribution in [2.75, 3.05) is 13.4 Å². The molecule has 0 aliphatic carbocycles. The molecule has 0 radical (unpaired) electrons. The van der Waals surface area contributed by atoms with Crippen molar-refractivity contribution in [3.8, 4) is 11.6 Å². The van der Waals surface area contributed by atoms with Gasteiger partial charge in [-0.05, 0) is 38.3 Å². The van der Waals surface area contributed by atoms with Crippen LogP contribution in [0.5, 0.6) is 11.6 Å². The number of aromatic amines is 1. The lowest BCUT2D eigenvalue weighted by molar-refractivity contribution is 0.0366. The maximum absolute atomic E-state index is 12.6. The Morgan fingerprint density at radius 2 is 2.03 bits per heavy atom. The van der Waals surface area contributed by atoms with Gasteiger partial charge in [0.05, 0.1) is 24.4 Å². The highest BCUT2D eigenvalue weighted by Gasteiger charge is 2.21. The molecule has 4 rings (SSSR count). The number of fused-ring (bicyclic) bond motifs is 3. The van der Waals surface area contributed by atoms with Crippen molar-refractivity contribution in [1.29, 1.82) is 0 Å². The number of carbonyl (C=O) groups excluding carboxylic acids is 1. The summed E-state index contributed by atoms with van der Waals surface area (Å²) in [5.74, 6) is 0.598. The number of aromatic nitrogens is 4. The number of nitrogens with one attached hydrogen (secondary N) is 1. The smallest absolute Gasteiger partial charge is 0.357 e. The van der Waals surface area contributed by atoms with Crippen molar-refractivity contribution in [3.63, 3.8) is 0 Å². The van der Waals surface area contributed by atoms with Gasteiger partial charge in [-0.25, -0.2) is 14.8 Å². The zero-order chi connectivity index (χ0) is 22.0. The Kier molecular flexibility index (Phi) is 6.06. The fourth-order valence-corrected chi connectivity index (χ4v) is 3.68. The third-order valence-corrected chi connectivity index (χ3v) is 5.11. The number of nitrogens with zero attached hydrogens (tertiary/aromatic N) is 3. The first-order valence-electron chi connectivity index (χ1n) is 9.68. The van der Waals surface area contributed by atoms with Crippen LogP contribution in [0.15, 0.2) is 41.8 Å². The highest BCUT2D eigenvalue weighted by molar-refractivity contribution is 7.98. The third-order valence-electron chi connectivity index (χ3n) is 4.55. The van der Waals surface area contributed by atoms with Crippen LogP contribution in [0.2, 0.25) is 0 Å². The molecule has 1 aromatic carbocycles. The normalized spacial score (nSPS) is 11.4. The molecule has 31 heavy (non-hydrogen) atoms. The molecule has 3 heterocycles. The largest absolute Gasteiger partial charge is 0.458 e. The Hall–Kier alpha value is -3.17. The van der Waals surface area contributed by atoms with Crippen molar-refractivity contribution in [1.82, 2.24) is 19.9 Å². The van der Waals surface area contributed by atoms with E-state index in [4.69, 9.17) is 14.2 Å². The minimum atomic E-state index is -0.476. The Morgan fingerprint density at radius 1 is 1.19 bits per heavy atom. The Balaban J connectivity index is 1.83. The number of carbonyl (C=O) groups is 1. The number of hydrogen-bond acceptors (Lipinski definition) is 8. The van der Waals surface area contributed by atoms with Crippen molar-refractivity contribution in [2.45, 2.75) is 31.7 Å². The molecule has 0 fully saturated rings. The molecule has 9 heteroatoms. The number of hydrogen-bond donors (Lipinski definition) is 1. The van der Waals surface area contributed by atoms with Gasteiger partial charge in [-0.1, -0.05) is 11.8 Å². The summed E-state index contributed by atoms with van der Waals surface area (Å²) in [7, 11) is 1.58. The Labute approximate surface area is 183 Å². The van der Waals surface area contributed by atoms with E-state index in [1.165, 1.54) is 11.8 Å². The molecule has 0 aliphatic rings. The summed E-state index contributed by atoms with van der Waals surface area (Å²) >= 11 is 1.44. The van der Waals surface area contributed by atoms with E-state index in [1.54, 1.807) is 39.4 Å². The minimum Gasteiger partial charge on any atom is -0.458 e. The van der Waals surface area contributed by atoms with Gasteiger partial charge in [0.25, 0.3) is 0 Å². The summed E-state index contributed by atoms with van der Waals surface area (Å²) in [5, 5.41) is 2.37. The van der Waals surface area contributed by atoms with E-state index in [0.29, 0.717) is 22.3 Å². The van der Waals surface area contributed by atoms with Crippen LogP contribution in [0, 0.1) is 0 Å². The molecule has 0 amide bonds. The summed E-state index contributed by atoms with van der Waals surface area (Å²) in [6.45, 7) is 3.82. The summed E-state index contributed by atoms with van der Waals surface area (Å²) in [4.78, 5) is 28.8. The lowest BCUT2D eigenvalue weighted by atomic mass is 10.1. The molecule has 4 aromatic rings. The van der Waals surface area contributed by atoms with Gasteiger partial charge < -0.3 is 19.2 Å². The number of benzene rings is 1. The monoisotopic (exact) mass is 438 g/mol. The second-order valence-electron chi connectivity index (χ2n) is 7.08. The summed E-state index contributed by atoms with van der Waals surface area (Å²) in [6, 6.07) is 7.39. The molecule has 160 valence electrons. The van der Waals surface area contributed by atoms with Gasteiger partial charge in [-0.15, -0.1) is 0 Å². The van der Waals surface area contributed by atoms with E-state index in [9.17, 15) is 4.79 Å². The van der Waals surface area contributed by atoms with Gasteiger partial charge in [-0.3, -0.25) is 0 Å². The topological polar surface area (TPSA) is 99.2 Å². The fourth-order valence-electron chi connectivity index (χ4n) is 3.33. The molecule has 0 bridgehead atoms. The first-order valence-corrected chi connectivity index (χ1v) is 10.9. The van der Waals surface area contributed by atoms with Gasteiger partial charge in [0.15, 0.2) is 10.9 Å². The standard InChI is InChI=1S/C22H22N4O4S/c1-12(2)29-21(27)20-15(11-28-3)19-14-9-13(5-6-16(14)25-17(19)10-24-20)30-18-7-8-23-22(26-18)31-4/h5-10,12,25H,11H2,1-4H3. The molecule has 8 nitrogen and oxygen atoms in total. The Bertz CT molecular complexity index is 1260. The van der Waals surface area contributed by atoms with E-state index in [-0.39, 0.29) is 18.4 Å². The van der Waals surface area contributed by atoms with Crippen LogP contribution in [-0.2, 0) is 16.1 Å². The molecule has 0 atom stereocenters. The molecule has 1 N–H and O–H groups in total. The summed E-state index contributed by atoms with van der Waals surface area (Å²) < 4.78 is 16.7. The van der Waals surface area contributed by atoms with E-state index in [2.05, 4.69) is 19.9 Å². The highest BCUT2D eigenvalue weighted by atomic mass is 32.2. The molecule has 0 saturated heterocycles. The number of esters is 1. The van der Waals surface area contributed by atoms with Crippen LogP contribution in [0.3, 0.4) is 0 Å². The van der Waals surface area contributed by atoms with E-state index in [1.807, 2.05) is 24.5 Å². The zero-order valence-electron chi connectivity index (χ0n) is 17.6. The molecule has 0 saturated carbocycles. The molecule has 0 unspecified atom stereocenters. The van der Waals surface area contributed by atoms with Crippen LogP contribution >= 0.6 is 11.8 Å². The van der Waals surface area contributed by atoms with Gasteiger partial charge in [-0.2, -0.15) is 4.98 Å². The second-order valence-corrected chi connectivity index (χ2v) is 7.85. The van der Waals surface area contributed by atoms with E-state index in [0.717, 1.165) is 21.8 Å². The number of H-pyrrole nitrogens is 1. The van der Waals surface area contributed by atoms with Crippen LogP contribution in [-0.4, -0.2) is 45.4 Å². The van der Waals surface area contributed by atoms with E-state index >= 15 is 0 Å². The number of thioether (sulfide) groups is 1. The van der Waals surface area contributed by atoms with Gasteiger partial charge >= 0.3 is 5.97 Å². The highest BCUT2D eigenvalue weighted by Crippen LogP contribution is 2.34. The third kappa shape index (κ3) is 4.33. The minimum absolute atomic E-state index is 0.216. The maximum Gasteiger partial charge on any atom is 0.357 e. The molecular weight excluding hydrogens is 416 g/mol. The molecule has 3 aromatic heterocycles. The quantitative estimate of drug-likeness (QED) is 0.251. The van der Waals surface area contributed by atoms with Crippen LogP contribution in [0.25, 0.3) is 21.8 Å². The van der Waals surface area contributed by atoms with Gasteiger partial charge in [0.1, 0.15) is 5.75 Å². The lowest BCUT2D eigenvalue weighted by Gasteiger charge is -2.12. The zero-order valence-corrected chi connectivity index (χ0v) is 18.4. The number of pyridine rings is 1. The first kappa shape index (κ1) is 21.1. The first-order chi connectivity index (χ1) is 15.0. The second kappa shape index (κ2) is 8.91. The van der Waals surface area contributed by atoms with Crippen LogP contribution in [0.1, 0.15) is 29.9 Å².